The summed E-state index contributed by atoms with van der Waals surface area (Å²) < 4.78 is 13.6. The minimum Gasteiger partial charge on any atom is -0.273 e. The van der Waals surface area contributed by atoms with E-state index in [4.69, 9.17) is 4.84 Å². The Kier molecular flexibility index (Phi) is 4.41. The highest BCUT2D eigenvalue weighted by molar-refractivity contribution is 6.25. The molecule has 5 nitrogen and oxygen atoms in total. The van der Waals surface area contributed by atoms with Crippen molar-refractivity contribution >= 4 is 23.2 Å². The van der Waals surface area contributed by atoms with Gasteiger partial charge in [-0.15, -0.1) is 0 Å². The van der Waals surface area contributed by atoms with Crippen molar-refractivity contribution in [3.05, 3.63) is 95.8 Å². The van der Waals surface area contributed by atoms with E-state index in [-0.39, 0.29) is 11.7 Å². The number of rotatable bonds is 3. The number of hydroxylamine groups is 1. The quantitative estimate of drug-likeness (QED) is 0.587. The normalized spacial score (nSPS) is 25.3. The number of fused-ring (bicyclic) bond motifs is 1. The molecule has 2 fully saturated rings. The summed E-state index contributed by atoms with van der Waals surface area (Å²) in [6, 6.07) is 21.9. The summed E-state index contributed by atoms with van der Waals surface area (Å²) >= 11 is 0. The predicted molar refractivity (Wildman–Crippen MR) is 115 cm³/mol. The first-order valence-corrected chi connectivity index (χ1v) is 10.1. The molecule has 0 radical (unpaired) electrons. The highest BCUT2D eigenvalue weighted by atomic mass is 19.1. The van der Waals surface area contributed by atoms with Crippen LogP contribution in [0.15, 0.2) is 78.9 Å². The fourth-order valence-electron chi connectivity index (χ4n) is 4.51. The summed E-state index contributed by atoms with van der Waals surface area (Å²) in [4.78, 5) is 34.5. The van der Waals surface area contributed by atoms with Gasteiger partial charge in [0.25, 0.3) is 5.91 Å². The molecule has 0 spiro atoms. The second-order valence-corrected chi connectivity index (χ2v) is 8.20. The summed E-state index contributed by atoms with van der Waals surface area (Å²) in [5, 5.41) is 1.61. The molecule has 2 amide bonds. The van der Waals surface area contributed by atoms with Crippen molar-refractivity contribution in [2.45, 2.75) is 26.0 Å². The number of benzene rings is 3. The smallest absolute Gasteiger partial charge is 0.266 e. The molecule has 0 bridgehead atoms. The van der Waals surface area contributed by atoms with E-state index >= 15 is 0 Å². The summed E-state index contributed by atoms with van der Waals surface area (Å²) in [6.45, 7) is 3.70. The number of para-hydroxylation sites is 1. The molecular weight excluding hydrogens is 395 g/mol. The first-order valence-electron chi connectivity index (χ1n) is 10.1. The van der Waals surface area contributed by atoms with Gasteiger partial charge in [-0.3, -0.25) is 14.4 Å². The number of nitrogens with zero attached hydrogens (tertiary/aromatic N) is 2. The number of hydrogen-bond acceptors (Lipinski definition) is 4. The van der Waals surface area contributed by atoms with Gasteiger partial charge < -0.3 is 0 Å². The zero-order valence-electron chi connectivity index (χ0n) is 17.2. The lowest BCUT2D eigenvalue weighted by Gasteiger charge is -2.32. The van der Waals surface area contributed by atoms with Crippen LogP contribution in [0.3, 0.4) is 0 Å². The molecule has 0 N–H and O–H groups in total. The summed E-state index contributed by atoms with van der Waals surface area (Å²) in [7, 11) is 0. The average molecular weight is 416 g/mol. The van der Waals surface area contributed by atoms with Crippen LogP contribution in [0.4, 0.5) is 15.8 Å². The zero-order chi connectivity index (χ0) is 21.8. The zero-order valence-corrected chi connectivity index (χ0v) is 17.2. The van der Waals surface area contributed by atoms with E-state index in [1.165, 1.54) is 17.0 Å². The highest BCUT2D eigenvalue weighted by Gasteiger charge is 2.68. The molecule has 5 rings (SSSR count). The molecule has 31 heavy (non-hydrogen) atoms. The van der Waals surface area contributed by atoms with Gasteiger partial charge in [0.2, 0.25) is 5.91 Å². The lowest BCUT2D eigenvalue weighted by molar-refractivity contribution is -0.128. The molecule has 2 aliphatic rings. The third kappa shape index (κ3) is 2.86. The highest BCUT2D eigenvalue weighted by Crippen LogP contribution is 2.55. The van der Waals surface area contributed by atoms with Crippen molar-refractivity contribution < 1.29 is 18.8 Å². The molecule has 2 saturated heterocycles. The van der Waals surface area contributed by atoms with Gasteiger partial charge in [-0.2, -0.15) is 0 Å². The Labute approximate surface area is 179 Å². The van der Waals surface area contributed by atoms with Crippen LogP contribution in [-0.4, -0.2) is 17.9 Å². The minimum absolute atomic E-state index is 0.334. The maximum atomic E-state index is 13.8. The number of amides is 2. The monoisotopic (exact) mass is 416 g/mol. The van der Waals surface area contributed by atoms with Crippen LogP contribution in [0.25, 0.3) is 0 Å². The standard InChI is InChI=1S/C25H21FN2O3/c1-16-8-14-19(15-9-16)27-23(29)22-25(2,24(27)30)21(17-10-12-18(26)13-11-17)28(31-22)20-6-4-3-5-7-20/h3-15,21-22H,1-2H3. The van der Waals surface area contributed by atoms with Gasteiger partial charge in [0, 0.05) is 0 Å². The second-order valence-electron chi connectivity index (χ2n) is 8.20. The lowest BCUT2D eigenvalue weighted by atomic mass is 9.76. The molecule has 3 aromatic carbocycles. The molecule has 0 aliphatic carbocycles. The van der Waals surface area contributed by atoms with Crippen LogP contribution in [0.5, 0.6) is 0 Å². The molecule has 2 heterocycles. The SMILES string of the molecule is Cc1ccc(N2C(=O)C3ON(c4ccccc4)C(c4ccc(F)cc4)C3(C)C2=O)cc1. The Bertz CT molecular complexity index is 1150. The van der Waals surface area contributed by atoms with Crippen molar-refractivity contribution in [1.82, 2.24) is 0 Å². The third-order valence-corrected chi connectivity index (χ3v) is 6.16. The number of hydrogen-bond donors (Lipinski definition) is 0. The van der Waals surface area contributed by atoms with E-state index < -0.39 is 23.5 Å². The Morgan fingerprint density at radius 1 is 0.871 bits per heavy atom. The summed E-state index contributed by atoms with van der Waals surface area (Å²) in [5.74, 6) is -1.10. The van der Waals surface area contributed by atoms with E-state index in [2.05, 4.69) is 0 Å². The van der Waals surface area contributed by atoms with E-state index in [0.717, 1.165) is 11.3 Å². The molecule has 3 aromatic rings. The minimum atomic E-state index is -1.18. The van der Waals surface area contributed by atoms with Crippen molar-refractivity contribution in [2.24, 2.45) is 5.41 Å². The van der Waals surface area contributed by atoms with E-state index in [0.29, 0.717) is 11.3 Å². The Morgan fingerprint density at radius 3 is 2.16 bits per heavy atom. The van der Waals surface area contributed by atoms with Gasteiger partial charge in [-0.05, 0) is 55.8 Å². The number of aryl methyl sites for hydroxylation is 1. The maximum absolute atomic E-state index is 13.8. The Balaban J connectivity index is 1.63. The molecular formula is C25H21FN2O3. The van der Waals surface area contributed by atoms with E-state index in [9.17, 15) is 14.0 Å². The van der Waals surface area contributed by atoms with Crippen molar-refractivity contribution in [1.29, 1.82) is 0 Å². The molecule has 6 heteroatoms. The fraction of sp³-hybridized carbons (Fsp3) is 0.200. The molecule has 0 aromatic heterocycles. The first kappa shape index (κ1) is 19.5. The average Bonchev–Trinajstić information content (AvgIpc) is 3.19. The molecule has 3 atom stereocenters. The first-order chi connectivity index (χ1) is 14.9. The van der Waals surface area contributed by atoms with E-state index in [1.807, 2.05) is 49.4 Å². The van der Waals surface area contributed by atoms with Gasteiger partial charge in [0.05, 0.1) is 17.4 Å². The maximum Gasteiger partial charge on any atom is 0.266 e. The number of anilines is 2. The van der Waals surface area contributed by atoms with Crippen LogP contribution >= 0.6 is 0 Å². The molecule has 3 unspecified atom stereocenters. The van der Waals surface area contributed by atoms with E-state index in [1.54, 1.807) is 36.3 Å². The van der Waals surface area contributed by atoms with Crippen LogP contribution in [0.2, 0.25) is 0 Å². The lowest BCUT2D eigenvalue weighted by Crippen LogP contribution is -2.41. The summed E-state index contributed by atoms with van der Waals surface area (Å²) in [5.41, 5.74) is 1.78. The van der Waals surface area contributed by atoms with Gasteiger partial charge in [0.15, 0.2) is 6.10 Å². The second kappa shape index (κ2) is 7.03. The number of halogens is 1. The molecule has 0 saturated carbocycles. The molecule has 156 valence electrons. The number of carbonyl (C=O) groups is 2. The van der Waals surface area contributed by atoms with Gasteiger partial charge >= 0.3 is 0 Å². The largest absolute Gasteiger partial charge is 0.273 e. The third-order valence-electron chi connectivity index (χ3n) is 6.16. The van der Waals surface area contributed by atoms with Crippen LogP contribution < -0.4 is 9.96 Å². The Hall–Kier alpha value is -3.51. The van der Waals surface area contributed by atoms with Crippen molar-refractivity contribution in [3.8, 4) is 0 Å². The fourth-order valence-corrected chi connectivity index (χ4v) is 4.51. The van der Waals surface area contributed by atoms with Crippen LogP contribution in [-0.2, 0) is 14.4 Å². The van der Waals surface area contributed by atoms with Crippen LogP contribution in [0, 0.1) is 18.2 Å². The van der Waals surface area contributed by atoms with Crippen molar-refractivity contribution in [2.75, 3.05) is 9.96 Å². The number of imide groups is 1. The topological polar surface area (TPSA) is 49.9 Å². The number of carbonyl (C=O) groups excluding carboxylic acids is 2. The summed E-state index contributed by atoms with van der Waals surface area (Å²) in [6.07, 6.45) is -0.989. The van der Waals surface area contributed by atoms with Crippen LogP contribution in [0.1, 0.15) is 24.1 Å². The predicted octanol–water partition coefficient (Wildman–Crippen LogP) is 4.58. The Morgan fingerprint density at radius 2 is 1.52 bits per heavy atom. The van der Waals surface area contributed by atoms with Gasteiger partial charge in [-0.25, -0.2) is 14.4 Å². The van der Waals surface area contributed by atoms with Gasteiger partial charge in [-0.1, -0.05) is 48.0 Å². The molecule has 2 aliphatic heterocycles. The van der Waals surface area contributed by atoms with Crippen molar-refractivity contribution in [3.63, 3.8) is 0 Å². The van der Waals surface area contributed by atoms with Gasteiger partial charge in [0.1, 0.15) is 11.2 Å².